The first-order valence-electron chi connectivity index (χ1n) is 7.62. The Kier molecular flexibility index (Phi) is 5.77. The fraction of sp³-hybridized carbons (Fsp3) is 0.786. The van der Waals surface area contributed by atoms with E-state index in [4.69, 9.17) is 15.0 Å². The van der Waals surface area contributed by atoms with E-state index in [1.54, 1.807) is 0 Å². The second-order valence-electron chi connectivity index (χ2n) is 5.84. The van der Waals surface area contributed by atoms with Crippen LogP contribution in [-0.4, -0.2) is 52.8 Å². The van der Waals surface area contributed by atoms with Crippen molar-refractivity contribution in [2.24, 2.45) is 5.73 Å². The van der Waals surface area contributed by atoms with Crippen molar-refractivity contribution in [2.75, 3.05) is 19.6 Å². The molecule has 2 aliphatic heterocycles. The van der Waals surface area contributed by atoms with Crippen LogP contribution in [0.1, 0.15) is 43.3 Å². The topological polar surface area (TPSA) is 94.5 Å². The van der Waals surface area contributed by atoms with Crippen LogP contribution in [0.5, 0.6) is 0 Å². The van der Waals surface area contributed by atoms with E-state index >= 15 is 0 Å². The molecule has 0 saturated carbocycles. The summed E-state index contributed by atoms with van der Waals surface area (Å²) in [5.74, 6) is 1.72. The van der Waals surface area contributed by atoms with Crippen molar-refractivity contribution in [2.45, 2.75) is 50.7 Å². The summed E-state index contributed by atoms with van der Waals surface area (Å²) in [6, 6.07) is 0. The number of carbonyl (C=O) groups is 1. The minimum atomic E-state index is -0.305. The first-order valence-corrected chi connectivity index (χ1v) is 7.62. The molecule has 0 aromatic carbocycles. The van der Waals surface area contributed by atoms with E-state index in [-0.39, 0.29) is 36.4 Å². The maximum absolute atomic E-state index is 12.4. The maximum atomic E-state index is 12.4. The van der Waals surface area contributed by atoms with E-state index < -0.39 is 0 Å². The third-order valence-electron chi connectivity index (χ3n) is 4.35. The number of nitrogens with two attached hydrogens (primary N) is 1. The highest BCUT2D eigenvalue weighted by molar-refractivity contribution is 5.85. The molecule has 1 amide bonds. The van der Waals surface area contributed by atoms with Crippen LogP contribution < -0.4 is 5.73 Å². The Bertz CT molecular complexity index is 502. The van der Waals surface area contributed by atoms with E-state index in [2.05, 4.69) is 10.1 Å². The fourth-order valence-electron chi connectivity index (χ4n) is 3.09. The first kappa shape index (κ1) is 17.2. The van der Waals surface area contributed by atoms with Gasteiger partial charge in [-0.2, -0.15) is 4.98 Å². The summed E-state index contributed by atoms with van der Waals surface area (Å²) in [4.78, 5) is 18.6. The van der Waals surface area contributed by atoms with Gasteiger partial charge in [0.2, 0.25) is 5.89 Å². The lowest BCUT2D eigenvalue weighted by atomic mass is 9.96. The van der Waals surface area contributed by atoms with Crippen LogP contribution in [0.15, 0.2) is 4.52 Å². The monoisotopic (exact) mass is 330 g/mol. The third kappa shape index (κ3) is 3.59. The summed E-state index contributed by atoms with van der Waals surface area (Å²) in [7, 11) is 0. The average Bonchev–Trinajstić information content (AvgIpc) is 3.15. The van der Waals surface area contributed by atoms with Gasteiger partial charge in [0.1, 0.15) is 6.10 Å². The Labute approximate surface area is 136 Å². The Balaban J connectivity index is 0.00000176. The number of likely N-dealkylation sites (tertiary alicyclic amines) is 1. The van der Waals surface area contributed by atoms with Crippen molar-refractivity contribution < 1.29 is 14.1 Å². The lowest BCUT2D eigenvalue weighted by Crippen LogP contribution is -2.43. The number of hydrogen-bond donors (Lipinski definition) is 1. The minimum absolute atomic E-state index is 0. The molecule has 2 aliphatic rings. The second kappa shape index (κ2) is 7.39. The average molecular weight is 331 g/mol. The molecule has 7 nitrogen and oxygen atoms in total. The van der Waals surface area contributed by atoms with Gasteiger partial charge in [0.05, 0.1) is 6.10 Å². The Morgan fingerprint density at radius 3 is 2.59 bits per heavy atom. The minimum Gasteiger partial charge on any atom is -0.364 e. The molecular weight excluding hydrogens is 308 g/mol. The molecule has 0 unspecified atom stereocenters. The van der Waals surface area contributed by atoms with Gasteiger partial charge < -0.3 is 19.9 Å². The quantitative estimate of drug-likeness (QED) is 0.889. The lowest BCUT2D eigenvalue weighted by Gasteiger charge is -2.32. The molecule has 1 aromatic heterocycles. The summed E-state index contributed by atoms with van der Waals surface area (Å²) in [5, 5.41) is 3.83. The number of piperidine rings is 1. The molecule has 1 aromatic rings. The molecule has 0 spiro atoms. The van der Waals surface area contributed by atoms with Gasteiger partial charge in [-0.1, -0.05) is 5.16 Å². The largest absolute Gasteiger partial charge is 0.364 e. The molecule has 3 heterocycles. The number of amides is 1. The third-order valence-corrected chi connectivity index (χ3v) is 4.35. The van der Waals surface area contributed by atoms with Gasteiger partial charge >= 0.3 is 0 Å². The Hall–Kier alpha value is -1.18. The van der Waals surface area contributed by atoms with Crippen molar-refractivity contribution in [1.82, 2.24) is 15.0 Å². The van der Waals surface area contributed by atoms with Crippen LogP contribution in [0.25, 0.3) is 0 Å². The number of nitrogens with zero attached hydrogens (tertiary/aromatic N) is 3. The molecule has 0 bridgehead atoms. The summed E-state index contributed by atoms with van der Waals surface area (Å²) < 4.78 is 10.9. The van der Waals surface area contributed by atoms with E-state index in [0.717, 1.165) is 38.8 Å². The van der Waals surface area contributed by atoms with Crippen LogP contribution in [0.3, 0.4) is 0 Å². The highest BCUT2D eigenvalue weighted by Crippen LogP contribution is 2.28. The summed E-state index contributed by atoms with van der Waals surface area (Å²) in [5.41, 5.74) is 5.59. The fourth-order valence-corrected chi connectivity index (χ4v) is 3.09. The number of ether oxygens (including phenoxy) is 1. The van der Waals surface area contributed by atoms with E-state index in [0.29, 0.717) is 18.3 Å². The van der Waals surface area contributed by atoms with Gasteiger partial charge in [0.15, 0.2) is 5.82 Å². The molecular formula is C14H23ClN4O3. The molecule has 8 heteroatoms. The van der Waals surface area contributed by atoms with E-state index in [1.807, 2.05) is 11.8 Å². The van der Waals surface area contributed by atoms with Crippen molar-refractivity contribution in [3.63, 3.8) is 0 Å². The molecule has 124 valence electrons. The molecule has 2 saturated heterocycles. The highest BCUT2D eigenvalue weighted by Gasteiger charge is 2.35. The summed E-state index contributed by atoms with van der Waals surface area (Å²) in [6.45, 7) is 3.75. The maximum Gasteiger partial charge on any atom is 0.251 e. The predicted molar refractivity (Wildman–Crippen MR) is 81.8 cm³/mol. The van der Waals surface area contributed by atoms with Gasteiger partial charge in [0, 0.05) is 25.6 Å². The molecule has 2 atom stereocenters. The van der Waals surface area contributed by atoms with Crippen molar-refractivity contribution in [1.29, 1.82) is 0 Å². The zero-order valence-corrected chi connectivity index (χ0v) is 13.6. The Morgan fingerprint density at radius 2 is 2.05 bits per heavy atom. The molecule has 0 radical (unpaired) electrons. The van der Waals surface area contributed by atoms with Crippen LogP contribution in [0, 0.1) is 6.92 Å². The lowest BCUT2D eigenvalue weighted by molar-refractivity contribution is -0.143. The second-order valence-corrected chi connectivity index (χ2v) is 5.84. The zero-order chi connectivity index (χ0) is 14.8. The standard InChI is InChI=1S/C14H22N4O3.ClH/c1-9-16-13(21-17-9)10-4-6-18(7-5-10)14(19)12-3-2-11(8-15)20-12;/h10-12H,2-8,15H2,1H3;1H/t11-,12+;/m1./s1. The first-order chi connectivity index (χ1) is 10.2. The SMILES string of the molecule is Cc1noc(C2CCN(C(=O)[C@@H]3CC[C@H](CN)O3)CC2)n1.Cl. The summed E-state index contributed by atoms with van der Waals surface area (Å²) in [6.07, 6.45) is 3.12. The van der Waals surface area contributed by atoms with Crippen LogP contribution in [-0.2, 0) is 9.53 Å². The Morgan fingerprint density at radius 1 is 1.32 bits per heavy atom. The molecule has 3 rings (SSSR count). The van der Waals surface area contributed by atoms with Crippen LogP contribution >= 0.6 is 12.4 Å². The molecule has 22 heavy (non-hydrogen) atoms. The number of aromatic nitrogens is 2. The predicted octanol–water partition coefficient (Wildman–Crippen LogP) is 1.01. The number of rotatable bonds is 3. The molecule has 0 aliphatic carbocycles. The smallest absolute Gasteiger partial charge is 0.251 e. The van der Waals surface area contributed by atoms with Crippen LogP contribution in [0.2, 0.25) is 0 Å². The molecule has 2 fully saturated rings. The van der Waals surface area contributed by atoms with Gasteiger partial charge in [-0.25, -0.2) is 0 Å². The van der Waals surface area contributed by atoms with Crippen molar-refractivity contribution >= 4 is 18.3 Å². The van der Waals surface area contributed by atoms with Crippen molar-refractivity contribution in [3.8, 4) is 0 Å². The van der Waals surface area contributed by atoms with E-state index in [1.165, 1.54) is 0 Å². The van der Waals surface area contributed by atoms with E-state index in [9.17, 15) is 4.79 Å². The number of hydrogen-bond acceptors (Lipinski definition) is 6. The van der Waals surface area contributed by atoms with Crippen LogP contribution in [0.4, 0.5) is 0 Å². The zero-order valence-electron chi connectivity index (χ0n) is 12.7. The van der Waals surface area contributed by atoms with Gasteiger partial charge in [-0.15, -0.1) is 12.4 Å². The highest BCUT2D eigenvalue weighted by atomic mass is 35.5. The number of halogens is 1. The number of carbonyl (C=O) groups excluding carboxylic acids is 1. The summed E-state index contributed by atoms with van der Waals surface area (Å²) >= 11 is 0. The molecule has 2 N–H and O–H groups in total. The van der Waals surface area contributed by atoms with Gasteiger partial charge in [0.25, 0.3) is 5.91 Å². The van der Waals surface area contributed by atoms with Gasteiger partial charge in [-0.3, -0.25) is 4.79 Å². The van der Waals surface area contributed by atoms with Crippen molar-refractivity contribution in [3.05, 3.63) is 11.7 Å². The van der Waals surface area contributed by atoms with Gasteiger partial charge in [-0.05, 0) is 32.6 Å². The normalized spacial score (nSPS) is 26.0. The number of aryl methyl sites for hydroxylation is 1.